The van der Waals surface area contributed by atoms with Crippen molar-refractivity contribution in [2.75, 3.05) is 30.6 Å². The van der Waals surface area contributed by atoms with Gasteiger partial charge in [-0.05, 0) is 44.5 Å². The Morgan fingerprint density at radius 2 is 1.71 bits per heavy atom. The summed E-state index contributed by atoms with van der Waals surface area (Å²) in [5.41, 5.74) is 9.34. The van der Waals surface area contributed by atoms with E-state index in [0.29, 0.717) is 29.4 Å². The molecule has 164 valence electrons. The summed E-state index contributed by atoms with van der Waals surface area (Å²) in [4.78, 5) is 16.3. The lowest BCUT2D eigenvalue weighted by Crippen LogP contribution is -2.27. The minimum absolute atomic E-state index is 0.487. The van der Waals surface area contributed by atoms with Crippen LogP contribution in [0.3, 0.4) is 0 Å². The van der Waals surface area contributed by atoms with Gasteiger partial charge in [0.2, 0.25) is 0 Å². The number of methoxy groups -OCH3 is 2. The Labute approximate surface area is 181 Å². The van der Waals surface area contributed by atoms with Crippen LogP contribution in [0, 0.1) is 0 Å². The maximum Gasteiger partial charge on any atom is 0.412 e. The highest BCUT2D eigenvalue weighted by Gasteiger charge is 2.16. The number of nitrogens with two attached hydrogens (primary N) is 1. The Morgan fingerprint density at radius 1 is 1.06 bits per heavy atom. The van der Waals surface area contributed by atoms with Gasteiger partial charge in [-0.3, -0.25) is 10.3 Å². The van der Waals surface area contributed by atoms with E-state index >= 15 is 0 Å². The number of rotatable bonds is 6. The third kappa shape index (κ3) is 5.48. The topological polar surface area (TPSA) is 108 Å². The van der Waals surface area contributed by atoms with Gasteiger partial charge < -0.3 is 25.3 Å². The minimum Gasteiger partial charge on any atom is -0.493 e. The van der Waals surface area contributed by atoms with Crippen LogP contribution in [0.25, 0.3) is 10.9 Å². The Morgan fingerprint density at radius 3 is 2.32 bits per heavy atom. The molecule has 0 unspecified atom stereocenters. The van der Waals surface area contributed by atoms with Crippen LogP contribution in [-0.4, -0.2) is 30.9 Å². The van der Waals surface area contributed by atoms with Crippen LogP contribution in [0.1, 0.15) is 26.3 Å². The normalized spacial score (nSPS) is 11.1. The molecule has 0 spiro atoms. The lowest BCUT2D eigenvalue weighted by Gasteiger charge is -2.19. The number of aromatic nitrogens is 1. The van der Waals surface area contributed by atoms with Crippen molar-refractivity contribution in [2.24, 2.45) is 0 Å². The number of benzene rings is 2. The molecule has 0 aliphatic heterocycles. The van der Waals surface area contributed by atoms with Crippen LogP contribution < -0.4 is 25.8 Å². The summed E-state index contributed by atoms with van der Waals surface area (Å²) in [6, 6.07) is 11.2. The number of nitrogen functional groups attached to an aromatic ring is 1. The summed E-state index contributed by atoms with van der Waals surface area (Å²) in [7, 11) is 3.17. The molecule has 1 amide bonds. The molecule has 4 N–H and O–H groups in total. The zero-order chi connectivity index (χ0) is 22.6. The van der Waals surface area contributed by atoms with Crippen molar-refractivity contribution in [3.8, 4) is 11.5 Å². The number of pyridine rings is 1. The number of nitrogens with one attached hydrogen (secondary N) is 2. The molecule has 1 heterocycles. The maximum atomic E-state index is 11.9. The van der Waals surface area contributed by atoms with Gasteiger partial charge in [-0.2, -0.15) is 0 Å². The number of carbonyl (C=O) groups excluding carboxylic acids is 1. The molecule has 0 atom stereocenters. The Balaban J connectivity index is 1.75. The molecule has 8 nitrogen and oxygen atoms in total. The summed E-state index contributed by atoms with van der Waals surface area (Å²) in [6.07, 6.45) is 1.13. The molecular weight excluding hydrogens is 396 g/mol. The van der Waals surface area contributed by atoms with Gasteiger partial charge in [-0.15, -0.1) is 0 Å². The second kappa shape index (κ2) is 8.99. The molecule has 0 aliphatic rings. The van der Waals surface area contributed by atoms with E-state index in [-0.39, 0.29) is 0 Å². The standard InChI is InChI=1S/C23H28N4O4/c1-23(2,3)31-22(28)27-15-8-6-14(7-9-15)12-26-21-16-10-19(29-4)20(30-5)11-18(16)25-13-17(21)24/h6-11,13H,12,24H2,1-5H3,(H,25,26)(H,27,28). The van der Waals surface area contributed by atoms with Crippen molar-refractivity contribution in [3.05, 3.63) is 48.2 Å². The number of hydrogen-bond acceptors (Lipinski definition) is 7. The molecule has 0 aliphatic carbocycles. The molecule has 0 fully saturated rings. The lowest BCUT2D eigenvalue weighted by molar-refractivity contribution is 0.0636. The highest BCUT2D eigenvalue weighted by Crippen LogP contribution is 2.36. The monoisotopic (exact) mass is 424 g/mol. The summed E-state index contributed by atoms with van der Waals surface area (Å²) < 4.78 is 16.0. The first-order valence-electron chi connectivity index (χ1n) is 9.83. The first-order chi connectivity index (χ1) is 14.7. The first-order valence-corrected chi connectivity index (χ1v) is 9.83. The third-order valence-electron chi connectivity index (χ3n) is 4.47. The Kier molecular flexibility index (Phi) is 6.39. The molecule has 3 rings (SSSR count). The average molecular weight is 425 g/mol. The van der Waals surface area contributed by atoms with Crippen LogP contribution in [0.2, 0.25) is 0 Å². The van der Waals surface area contributed by atoms with Crippen molar-refractivity contribution in [2.45, 2.75) is 32.9 Å². The molecule has 3 aromatic rings. The largest absolute Gasteiger partial charge is 0.493 e. The van der Waals surface area contributed by atoms with Crippen molar-refractivity contribution >= 4 is 34.1 Å². The molecule has 31 heavy (non-hydrogen) atoms. The van der Waals surface area contributed by atoms with Crippen LogP contribution in [-0.2, 0) is 11.3 Å². The van der Waals surface area contributed by atoms with Gasteiger partial charge in [-0.1, -0.05) is 12.1 Å². The van der Waals surface area contributed by atoms with Crippen molar-refractivity contribution < 1.29 is 19.0 Å². The van der Waals surface area contributed by atoms with E-state index < -0.39 is 11.7 Å². The zero-order valence-electron chi connectivity index (χ0n) is 18.4. The summed E-state index contributed by atoms with van der Waals surface area (Å²) in [5, 5.41) is 6.93. The minimum atomic E-state index is -0.548. The number of carbonyl (C=O) groups is 1. The quantitative estimate of drug-likeness (QED) is 0.522. The van der Waals surface area contributed by atoms with Gasteiger partial charge in [0.25, 0.3) is 0 Å². The highest BCUT2D eigenvalue weighted by atomic mass is 16.6. The van der Waals surface area contributed by atoms with E-state index in [1.807, 2.05) is 57.2 Å². The number of amides is 1. The van der Waals surface area contributed by atoms with Gasteiger partial charge in [0.1, 0.15) is 5.60 Å². The lowest BCUT2D eigenvalue weighted by atomic mass is 10.1. The van der Waals surface area contributed by atoms with E-state index in [4.69, 9.17) is 19.9 Å². The van der Waals surface area contributed by atoms with Gasteiger partial charge in [0, 0.05) is 23.7 Å². The number of anilines is 3. The summed E-state index contributed by atoms with van der Waals surface area (Å²) in [6.45, 7) is 5.99. The van der Waals surface area contributed by atoms with E-state index in [1.54, 1.807) is 20.4 Å². The predicted molar refractivity (Wildman–Crippen MR) is 123 cm³/mol. The third-order valence-corrected chi connectivity index (χ3v) is 4.47. The molecule has 0 saturated heterocycles. The summed E-state index contributed by atoms with van der Waals surface area (Å²) >= 11 is 0. The molecule has 1 aromatic heterocycles. The fraction of sp³-hybridized carbons (Fsp3) is 0.304. The zero-order valence-corrected chi connectivity index (χ0v) is 18.4. The molecular formula is C23H28N4O4. The number of ether oxygens (including phenoxy) is 3. The second-order valence-corrected chi connectivity index (χ2v) is 7.99. The predicted octanol–water partition coefficient (Wildman–Crippen LogP) is 4.79. The molecule has 0 radical (unpaired) electrons. The number of fused-ring (bicyclic) bond motifs is 1. The van der Waals surface area contributed by atoms with Gasteiger partial charge in [-0.25, -0.2) is 4.79 Å². The Bertz CT molecular complexity index is 1080. The fourth-order valence-corrected chi connectivity index (χ4v) is 3.05. The van der Waals surface area contributed by atoms with E-state index in [9.17, 15) is 4.79 Å². The van der Waals surface area contributed by atoms with Crippen LogP contribution >= 0.6 is 0 Å². The van der Waals surface area contributed by atoms with E-state index in [0.717, 1.165) is 22.2 Å². The molecule has 0 saturated carbocycles. The molecule has 8 heteroatoms. The second-order valence-electron chi connectivity index (χ2n) is 7.99. The van der Waals surface area contributed by atoms with E-state index in [2.05, 4.69) is 15.6 Å². The highest BCUT2D eigenvalue weighted by molar-refractivity contribution is 5.98. The van der Waals surface area contributed by atoms with E-state index in [1.165, 1.54) is 0 Å². The van der Waals surface area contributed by atoms with Gasteiger partial charge in [0.15, 0.2) is 11.5 Å². The fourth-order valence-electron chi connectivity index (χ4n) is 3.05. The SMILES string of the molecule is COc1cc2ncc(N)c(NCc3ccc(NC(=O)OC(C)(C)C)cc3)c2cc1OC. The van der Waals surface area contributed by atoms with Crippen molar-refractivity contribution in [1.82, 2.24) is 4.98 Å². The van der Waals surface area contributed by atoms with Crippen LogP contribution in [0.15, 0.2) is 42.6 Å². The average Bonchev–Trinajstić information content (AvgIpc) is 2.71. The Hall–Kier alpha value is -3.68. The molecule has 2 aromatic carbocycles. The van der Waals surface area contributed by atoms with Crippen molar-refractivity contribution in [1.29, 1.82) is 0 Å². The number of hydrogen-bond donors (Lipinski definition) is 3. The first kappa shape index (κ1) is 22.0. The van der Waals surface area contributed by atoms with Gasteiger partial charge >= 0.3 is 6.09 Å². The van der Waals surface area contributed by atoms with Gasteiger partial charge in [0.05, 0.1) is 37.3 Å². The van der Waals surface area contributed by atoms with Crippen LogP contribution in [0.5, 0.6) is 11.5 Å². The molecule has 0 bridgehead atoms. The maximum absolute atomic E-state index is 11.9. The summed E-state index contributed by atoms with van der Waals surface area (Å²) in [5.74, 6) is 1.20. The van der Waals surface area contributed by atoms with Crippen molar-refractivity contribution in [3.63, 3.8) is 0 Å². The smallest absolute Gasteiger partial charge is 0.412 e. The van der Waals surface area contributed by atoms with Crippen LogP contribution in [0.4, 0.5) is 21.9 Å². The number of nitrogens with zero attached hydrogens (tertiary/aromatic N) is 1.